The van der Waals surface area contributed by atoms with Gasteiger partial charge >= 0.3 is 0 Å². The normalized spacial score (nSPS) is 18.6. The van der Waals surface area contributed by atoms with Gasteiger partial charge in [-0.05, 0) is 19.9 Å². The lowest BCUT2D eigenvalue weighted by atomic mass is 10.1. The molecule has 1 aliphatic rings. The Morgan fingerprint density at radius 1 is 1.50 bits per heavy atom. The maximum atomic E-state index is 11.1. The molecule has 0 aromatic carbocycles. The molecule has 0 saturated carbocycles. The van der Waals surface area contributed by atoms with Gasteiger partial charge in [-0.2, -0.15) is 0 Å². The molecule has 0 atom stereocenters. The zero-order valence-corrected chi connectivity index (χ0v) is 9.23. The molecule has 5 nitrogen and oxygen atoms in total. The van der Waals surface area contributed by atoms with E-state index in [1.807, 2.05) is 4.90 Å². The van der Waals surface area contributed by atoms with E-state index in [0.717, 1.165) is 25.8 Å². The Morgan fingerprint density at radius 2 is 2.21 bits per heavy atom. The van der Waals surface area contributed by atoms with Crippen molar-refractivity contribution in [1.82, 2.24) is 9.62 Å². The van der Waals surface area contributed by atoms with Gasteiger partial charge in [-0.1, -0.05) is 0 Å². The van der Waals surface area contributed by atoms with E-state index in [9.17, 15) is 8.42 Å². The molecule has 1 saturated heterocycles. The Kier molecular flexibility index (Phi) is 3.88. The van der Waals surface area contributed by atoms with Crippen molar-refractivity contribution in [3.63, 3.8) is 0 Å². The lowest BCUT2D eigenvalue weighted by Crippen LogP contribution is -2.39. The van der Waals surface area contributed by atoms with Crippen molar-refractivity contribution >= 4 is 15.9 Å². The molecule has 0 bridgehead atoms. The highest BCUT2D eigenvalue weighted by atomic mass is 32.2. The van der Waals surface area contributed by atoms with E-state index in [1.165, 1.54) is 7.05 Å². The van der Waals surface area contributed by atoms with Crippen molar-refractivity contribution in [2.75, 3.05) is 25.9 Å². The van der Waals surface area contributed by atoms with Crippen LogP contribution < -0.4 is 4.72 Å². The van der Waals surface area contributed by atoms with Crippen LogP contribution in [0.4, 0.5) is 0 Å². The summed E-state index contributed by atoms with van der Waals surface area (Å²) in [4.78, 5) is 1.85. The summed E-state index contributed by atoms with van der Waals surface area (Å²) in [6.07, 6.45) is 2.88. The standard InChI is InChI=1S/C8H17N3O2S/c1-10-14(12,13)7-6-11-5-3-2-4-8(11)9/h9-10H,2-7H2,1H3. The molecule has 0 unspecified atom stereocenters. The second-order valence-electron chi connectivity index (χ2n) is 3.41. The predicted molar refractivity (Wildman–Crippen MR) is 56.0 cm³/mol. The monoisotopic (exact) mass is 219 g/mol. The van der Waals surface area contributed by atoms with Crippen molar-refractivity contribution in [3.8, 4) is 0 Å². The van der Waals surface area contributed by atoms with Crippen LogP contribution in [0.2, 0.25) is 0 Å². The molecule has 1 fully saturated rings. The van der Waals surface area contributed by atoms with E-state index in [0.29, 0.717) is 12.4 Å². The fraction of sp³-hybridized carbons (Fsp3) is 0.875. The van der Waals surface area contributed by atoms with Crippen LogP contribution >= 0.6 is 0 Å². The third kappa shape index (κ3) is 3.26. The zero-order chi connectivity index (χ0) is 10.6. The first-order chi connectivity index (χ1) is 6.55. The Morgan fingerprint density at radius 3 is 2.79 bits per heavy atom. The summed E-state index contributed by atoms with van der Waals surface area (Å²) in [6, 6.07) is 0. The molecule has 2 N–H and O–H groups in total. The van der Waals surface area contributed by atoms with Gasteiger partial charge in [-0.3, -0.25) is 5.41 Å². The topological polar surface area (TPSA) is 73.3 Å². The molecule has 14 heavy (non-hydrogen) atoms. The third-order valence-electron chi connectivity index (χ3n) is 2.41. The average molecular weight is 219 g/mol. The van der Waals surface area contributed by atoms with Gasteiger partial charge in [0.2, 0.25) is 10.0 Å². The van der Waals surface area contributed by atoms with E-state index in [4.69, 9.17) is 5.41 Å². The lowest BCUT2D eigenvalue weighted by molar-refractivity contribution is 0.383. The smallest absolute Gasteiger partial charge is 0.213 e. The zero-order valence-electron chi connectivity index (χ0n) is 8.41. The van der Waals surface area contributed by atoms with Crippen LogP contribution in [0.15, 0.2) is 0 Å². The SMILES string of the molecule is CNS(=O)(=O)CCN1CCCCC1=N. The van der Waals surface area contributed by atoms with Gasteiger partial charge in [0.1, 0.15) is 0 Å². The molecule has 0 aromatic rings. The van der Waals surface area contributed by atoms with E-state index >= 15 is 0 Å². The van der Waals surface area contributed by atoms with Crippen LogP contribution in [-0.4, -0.2) is 45.0 Å². The first kappa shape index (κ1) is 11.5. The average Bonchev–Trinajstić information content (AvgIpc) is 2.17. The van der Waals surface area contributed by atoms with Gasteiger partial charge in [-0.15, -0.1) is 0 Å². The van der Waals surface area contributed by atoms with Gasteiger partial charge in [-0.25, -0.2) is 13.1 Å². The second kappa shape index (κ2) is 4.75. The fourth-order valence-corrected chi connectivity index (χ4v) is 2.13. The van der Waals surface area contributed by atoms with E-state index < -0.39 is 10.0 Å². The molecule has 1 rings (SSSR count). The van der Waals surface area contributed by atoms with E-state index in [2.05, 4.69) is 4.72 Å². The summed E-state index contributed by atoms with van der Waals surface area (Å²) >= 11 is 0. The van der Waals surface area contributed by atoms with Crippen molar-refractivity contribution in [1.29, 1.82) is 5.41 Å². The maximum Gasteiger partial charge on any atom is 0.213 e. The van der Waals surface area contributed by atoms with Crippen molar-refractivity contribution in [2.24, 2.45) is 0 Å². The highest BCUT2D eigenvalue weighted by Gasteiger charge is 2.17. The van der Waals surface area contributed by atoms with Gasteiger partial charge < -0.3 is 4.90 Å². The number of sulfonamides is 1. The molecule has 0 amide bonds. The summed E-state index contributed by atoms with van der Waals surface area (Å²) in [7, 11) is -1.72. The van der Waals surface area contributed by atoms with Crippen LogP contribution in [0.3, 0.4) is 0 Å². The number of amidine groups is 1. The summed E-state index contributed by atoms with van der Waals surface area (Å²) in [6.45, 7) is 1.25. The summed E-state index contributed by atoms with van der Waals surface area (Å²) < 4.78 is 24.6. The number of nitrogens with zero attached hydrogens (tertiary/aromatic N) is 1. The molecule has 82 valence electrons. The molecule has 0 radical (unpaired) electrons. The van der Waals surface area contributed by atoms with Crippen molar-refractivity contribution in [3.05, 3.63) is 0 Å². The summed E-state index contributed by atoms with van der Waals surface area (Å²) in [5.41, 5.74) is 0. The molecule has 0 aromatic heterocycles. The first-order valence-electron chi connectivity index (χ1n) is 4.79. The maximum absolute atomic E-state index is 11.1. The Labute approximate surface area is 85.0 Å². The van der Waals surface area contributed by atoms with E-state index in [1.54, 1.807) is 0 Å². The van der Waals surface area contributed by atoms with Crippen LogP contribution in [0.5, 0.6) is 0 Å². The molecule has 6 heteroatoms. The van der Waals surface area contributed by atoms with Gasteiger partial charge in [0.15, 0.2) is 0 Å². The number of likely N-dealkylation sites (tertiary alicyclic amines) is 1. The molecule has 0 spiro atoms. The van der Waals surface area contributed by atoms with Crippen molar-refractivity contribution < 1.29 is 8.42 Å². The Bertz CT molecular complexity index is 300. The quantitative estimate of drug-likeness (QED) is 0.699. The number of rotatable bonds is 4. The van der Waals surface area contributed by atoms with Gasteiger partial charge in [0.05, 0.1) is 11.6 Å². The second-order valence-corrected chi connectivity index (χ2v) is 5.46. The molecule has 0 aliphatic carbocycles. The van der Waals surface area contributed by atoms with Crippen LogP contribution in [0, 0.1) is 5.41 Å². The number of piperidine rings is 1. The minimum absolute atomic E-state index is 0.0753. The van der Waals surface area contributed by atoms with Gasteiger partial charge in [0, 0.05) is 19.5 Å². The lowest BCUT2D eigenvalue weighted by Gasteiger charge is -2.28. The number of hydrogen-bond donors (Lipinski definition) is 2. The molecular weight excluding hydrogens is 202 g/mol. The molecule has 1 aliphatic heterocycles. The summed E-state index contributed by atoms with van der Waals surface area (Å²) in [5, 5.41) is 7.62. The van der Waals surface area contributed by atoms with Crippen LogP contribution in [0.25, 0.3) is 0 Å². The van der Waals surface area contributed by atoms with Gasteiger partial charge in [0.25, 0.3) is 0 Å². The number of nitrogens with one attached hydrogen (secondary N) is 2. The largest absolute Gasteiger partial charge is 0.359 e. The van der Waals surface area contributed by atoms with Crippen LogP contribution in [-0.2, 0) is 10.0 Å². The Hall–Kier alpha value is -0.620. The van der Waals surface area contributed by atoms with Crippen LogP contribution in [0.1, 0.15) is 19.3 Å². The predicted octanol–water partition coefficient (Wildman–Crippen LogP) is -0.00123. The minimum Gasteiger partial charge on any atom is -0.359 e. The third-order valence-corrected chi connectivity index (χ3v) is 3.76. The molecular formula is C8H17N3O2S. The minimum atomic E-state index is -3.13. The first-order valence-corrected chi connectivity index (χ1v) is 6.44. The fourth-order valence-electron chi connectivity index (χ4n) is 1.47. The van der Waals surface area contributed by atoms with E-state index in [-0.39, 0.29) is 5.75 Å². The highest BCUT2D eigenvalue weighted by Crippen LogP contribution is 2.10. The molecule has 1 heterocycles. The Balaban J connectivity index is 2.40. The van der Waals surface area contributed by atoms with Crippen molar-refractivity contribution in [2.45, 2.75) is 19.3 Å². The number of hydrogen-bond acceptors (Lipinski definition) is 3. The summed E-state index contributed by atoms with van der Waals surface area (Å²) in [5.74, 6) is 0.647. The highest BCUT2D eigenvalue weighted by molar-refractivity contribution is 7.89.